The lowest BCUT2D eigenvalue weighted by atomic mass is 9.95. The molecule has 0 heterocycles. The van der Waals surface area contributed by atoms with E-state index >= 15 is 0 Å². The Morgan fingerprint density at radius 1 is 1.29 bits per heavy atom. The molecule has 1 saturated carbocycles. The Morgan fingerprint density at radius 3 is 2.59 bits per heavy atom. The summed E-state index contributed by atoms with van der Waals surface area (Å²) in [6.07, 6.45) is 5.63. The van der Waals surface area contributed by atoms with E-state index in [1.807, 2.05) is 42.5 Å². The minimum atomic E-state index is -0.266. The molecule has 0 atom stereocenters. The van der Waals surface area contributed by atoms with Crippen molar-refractivity contribution in [3.63, 3.8) is 0 Å². The average molecular weight is 230 g/mol. The quantitative estimate of drug-likeness (QED) is 0.750. The van der Waals surface area contributed by atoms with Crippen LogP contribution in [0.15, 0.2) is 42.5 Å². The van der Waals surface area contributed by atoms with Gasteiger partial charge in [0.25, 0.3) is 0 Å². The number of amides is 1. The Kier molecular flexibility index (Phi) is 3.59. The highest BCUT2D eigenvalue weighted by Gasteiger charge is 2.50. The Balaban J connectivity index is 1.97. The van der Waals surface area contributed by atoms with E-state index < -0.39 is 0 Å². The van der Waals surface area contributed by atoms with Gasteiger partial charge >= 0.3 is 0 Å². The first-order chi connectivity index (χ1) is 8.29. The van der Waals surface area contributed by atoms with Gasteiger partial charge in [0.05, 0.1) is 5.41 Å². The molecule has 17 heavy (non-hydrogen) atoms. The third-order valence-electron chi connectivity index (χ3n) is 3.19. The Bertz CT molecular complexity index is 407. The van der Waals surface area contributed by atoms with E-state index in [2.05, 4.69) is 5.32 Å². The maximum Gasteiger partial charge on any atom is 0.230 e. The van der Waals surface area contributed by atoms with E-state index in [4.69, 9.17) is 5.73 Å². The fraction of sp³-hybridized carbons (Fsp3) is 0.357. The second kappa shape index (κ2) is 5.15. The molecule has 90 valence electrons. The molecule has 0 aliphatic heterocycles. The highest BCUT2D eigenvalue weighted by Crippen LogP contribution is 2.48. The van der Waals surface area contributed by atoms with Crippen LogP contribution >= 0.6 is 0 Å². The van der Waals surface area contributed by atoms with Crippen LogP contribution in [0.25, 0.3) is 0 Å². The third-order valence-corrected chi connectivity index (χ3v) is 3.19. The van der Waals surface area contributed by atoms with Gasteiger partial charge in [-0.25, -0.2) is 0 Å². The summed E-state index contributed by atoms with van der Waals surface area (Å²) >= 11 is 0. The number of nitrogens with one attached hydrogen (secondary N) is 1. The summed E-state index contributed by atoms with van der Waals surface area (Å²) in [4.78, 5) is 12.1. The maximum atomic E-state index is 12.1. The molecule has 1 aliphatic rings. The van der Waals surface area contributed by atoms with Gasteiger partial charge in [-0.1, -0.05) is 42.5 Å². The topological polar surface area (TPSA) is 55.1 Å². The van der Waals surface area contributed by atoms with Crippen LogP contribution in [-0.2, 0) is 10.2 Å². The van der Waals surface area contributed by atoms with Crippen LogP contribution in [0.2, 0.25) is 0 Å². The molecule has 1 aromatic carbocycles. The van der Waals surface area contributed by atoms with Crippen LogP contribution in [0.5, 0.6) is 0 Å². The lowest BCUT2D eigenvalue weighted by Gasteiger charge is -2.14. The summed E-state index contributed by atoms with van der Waals surface area (Å²) < 4.78 is 0. The first-order valence-corrected chi connectivity index (χ1v) is 5.98. The maximum absolute atomic E-state index is 12.1. The zero-order chi connectivity index (χ0) is 12.1. The molecule has 0 aromatic heterocycles. The van der Waals surface area contributed by atoms with Crippen molar-refractivity contribution < 1.29 is 4.79 Å². The summed E-state index contributed by atoms with van der Waals surface area (Å²) in [5.41, 5.74) is 6.19. The molecule has 3 heteroatoms. The second-order valence-electron chi connectivity index (χ2n) is 4.37. The Labute approximate surface area is 102 Å². The van der Waals surface area contributed by atoms with Gasteiger partial charge in [-0.15, -0.1) is 0 Å². The Hall–Kier alpha value is -1.61. The van der Waals surface area contributed by atoms with Crippen LogP contribution in [0, 0.1) is 0 Å². The average Bonchev–Trinajstić information content (AvgIpc) is 3.17. The minimum absolute atomic E-state index is 0.130. The highest BCUT2D eigenvalue weighted by atomic mass is 16.2. The third kappa shape index (κ3) is 2.56. The van der Waals surface area contributed by atoms with Crippen molar-refractivity contribution in [2.24, 2.45) is 5.73 Å². The number of nitrogens with two attached hydrogens (primary N) is 1. The summed E-state index contributed by atoms with van der Waals surface area (Å²) in [5.74, 6) is 0.130. The molecular weight excluding hydrogens is 212 g/mol. The van der Waals surface area contributed by atoms with Gasteiger partial charge < -0.3 is 11.1 Å². The van der Waals surface area contributed by atoms with Crippen molar-refractivity contribution in [2.45, 2.75) is 18.3 Å². The van der Waals surface area contributed by atoms with Crippen LogP contribution in [0.3, 0.4) is 0 Å². The van der Waals surface area contributed by atoms with Gasteiger partial charge in [-0.2, -0.15) is 0 Å². The van der Waals surface area contributed by atoms with Crippen molar-refractivity contribution in [3.05, 3.63) is 48.0 Å². The van der Waals surface area contributed by atoms with Crippen molar-refractivity contribution in [1.82, 2.24) is 5.32 Å². The Morgan fingerprint density at radius 2 is 2.00 bits per heavy atom. The van der Waals surface area contributed by atoms with Gasteiger partial charge in [0, 0.05) is 13.1 Å². The first-order valence-electron chi connectivity index (χ1n) is 5.98. The highest BCUT2D eigenvalue weighted by molar-refractivity contribution is 5.91. The van der Waals surface area contributed by atoms with Gasteiger partial charge in [-0.3, -0.25) is 4.79 Å². The predicted octanol–water partition coefficient (Wildman–Crippen LogP) is 1.35. The molecule has 3 N–H and O–H groups in total. The molecule has 1 aliphatic carbocycles. The molecule has 0 unspecified atom stereocenters. The van der Waals surface area contributed by atoms with Crippen molar-refractivity contribution in [2.75, 3.05) is 13.1 Å². The number of benzene rings is 1. The SMILES string of the molecule is NC/C=C/CNC(=O)C1(c2ccccc2)CC1. The van der Waals surface area contributed by atoms with E-state index in [0.717, 1.165) is 18.4 Å². The van der Waals surface area contributed by atoms with E-state index in [0.29, 0.717) is 13.1 Å². The fourth-order valence-corrected chi connectivity index (χ4v) is 2.03. The number of hydrogen-bond donors (Lipinski definition) is 2. The van der Waals surface area contributed by atoms with Crippen LogP contribution in [-0.4, -0.2) is 19.0 Å². The molecular formula is C14H18N2O. The van der Waals surface area contributed by atoms with Crippen molar-refractivity contribution >= 4 is 5.91 Å². The normalized spacial score (nSPS) is 17.0. The molecule has 1 amide bonds. The second-order valence-corrected chi connectivity index (χ2v) is 4.37. The van der Waals surface area contributed by atoms with E-state index in [9.17, 15) is 4.79 Å². The summed E-state index contributed by atoms with van der Waals surface area (Å²) in [5, 5.41) is 2.94. The molecule has 2 rings (SSSR count). The van der Waals surface area contributed by atoms with Gasteiger partial charge in [-0.05, 0) is 18.4 Å². The minimum Gasteiger partial charge on any atom is -0.352 e. The van der Waals surface area contributed by atoms with E-state index in [-0.39, 0.29) is 11.3 Å². The molecule has 0 spiro atoms. The summed E-state index contributed by atoms with van der Waals surface area (Å²) in [7, 11) is 0. The van der Waals surface area contributed by atoms with Crippen LogP contribution < -0.4 is 11.1 Å². The standard InChI is InChI=1S/C14H18N2O/c15-10-4-5-11-16-13(17)14(8-9-14)12-6-2-1-3-7-12/h1-7H,8-11,15H2,(H,16,17)/b5-4+. The van der Waals surface area contributed by atoms with E-state index in [1.165, 1.54) is 0 Å². The lowest BCUT2D eigenvalue weighted by Crippen LogP contribution is -2.34. The van der Waals surface area contributed by atoms with Crippen LogP contribution in [0.4, 0.5) is 0 Å². The zero-order valence-electron chi connectivity index (χ0n) is 9.86. The van der Waals surface area contributed by atoms with E-state index in [1.54, 1.807) is 0 Å². The predicted molar refractivity (Wildman–Crippen MR) is 68.6 cm³/mol. The number of rotatable bonds is 5. The van der Waals surface area contributed by atoms with Gasteiger partial charge in [0.2, 0.25) is 5.91 Å². The fourth-order valence-electron chi connectivity index (χ4n) is 2.03. The molecule has 1 fully saturated rings. The van der Waals surface area contributed by atoms with Crippen LogP contribution in [0.1, 0.15) is 18.4 Å². The van der Waals surface area contributed by atoms with Crippen molar-refractivity contribution in [1.29, 1.82) is 0 Å². The lowest BCUT2D eigenvalue weighted by molar-refractivity contribution is -0.123. The monoisotopic (exact) mass is 230 g/mol. The molecule has 3 nitrogen and oxygen atoms in total. The summed E-state index contributed by atoms with van der Waals surface area (Å²) in [6, 6.07) is 10.0. The zero-order valence-corrected chi connectivity index (χ0v) is 9.86. The largest absolute Gasteiger partial charge is 0.352 e. The first kappa shape index (κ1) is 11.9. The molecule has 0 saturated heterocycles. The number of carbonyl (C=O) groups is 1. The smallest absolute Gasteiger partial charge is 0.230 e. The molecule has 0 radical (unpaired) electrons. The summed E-state index contributed by atoms with van der Waals surface area (Å²) in [6.45, 7) is 1.07. The van der Waals surface area contributed by atoms with Gasteiger partial charge in [0.15, 0.2) is 0 Å². The number of hydrogen-bond acceptors (Lipinski definition) is 2. The number of carbonyl (C=O) groups excluding carboxylic acids is 1. The molecule has 0 bridgehead atoms. The van der Waals surface area contributed by atoms with Gasteiger partial charge in [0.1, 0.15) is 0 Å². The van der Waals surface area contributed by atoms with Crippen molar-refractivity contribution in [3.8, 4) is 0 Å². The molecule has 1 aromatic rings.